The van der Waals surface area contributed by atoms with Crippen LogP contribution in [0.2, 0.25) is 0 Å². The summed E-state index contributed by atoms with van der Waals surface area (Å²) in [5, 5.41) is 0. The van der Waals surface area contributed by atoms with Gasteiger partial charge in [0, 0.05) is 13.2 Å². The maximum Gasteiger partial charge on any atom is 0.232 e. The van der Waals surface area contributed by atoms with Crippen molar-refractivity contribution in [2.75, 3.05) is 19.1 Å². The van der Waals surface area contributed by atoms with Crippen LogP contribution in [0, 0.1) is 0 Å². The number of carbonyl (C=O) groups excluding carboxylic acids is 1. The van der Waals surface area contributed by atoms with E-state index in [0.717, 1.165) is 13.2 Å². The predicted molar refractivity (Wildman–Crippen MR) is 44.6 cm³/mol. The Labute approximate surface area is 71.8 Å². The van der Waals surface area contributed by atoms with Gasteiger partial charge in [-0.3, -0.25) is 4.79 Å². The van der Waals surface area contributed by atoms with Crippen LogP contribution in [0.15, 0.2) is 0 Å². The lowest BCUT2D eigenvalue weighted by molar-refractivity contribution is -0.115. The lowest BCUT2D eigenvalue weighted by Crippen LogP contribution is -2.10. The van der Waals surface area contributed by atoms with Crippen molar-refractivity contribution in [3.63, 3.8) is 0 Å². The predicted octanol–water partition coefficient (Wildman–Crippen LogP) is 0.897. The fourth-order valence-electron chi connectivity index (χ4n) is 0.687. The first-order chi connectivity index (χ1) is 5.27. The molecule has 1 heterocycles. The Morgan fingerprint density at radius 2 is 1.82 bits per heavy atom. The normalized spacial score (nSPS) is 16.5. The molecule has 1 rings (SSSR count). The van der Waals surface area contributed by atoms with Crippen molar-refractivity contribution in [2.45, 2.75) is 19.3 Å². The minimum Gasteiger partial charge on any atom is -0.381 e. The summed E-state index contributed by atoms with van der Waals surface area (Å²) in [4.78, 5) is 9.46. The Hall–Kier alpha value is -0.280. The molecule has 1 amide bonds. The molecule has 0 aromatic carbocycles. The first-order valence-corrected chi connectivity index (χ1v) is 4.23. The van der Waals surface area contributed by atoms with Crippen LogP contribution >= 0.6 is 11.6 Å². The summed E-state index contributed by atoms with van der Waals surface area (Å²) >= 11 is 4.86. The fraction of sp³-hybridized carbons (Fsp3) is 0.857. The summed E-state index contributed by atoms with van der Waals surface area (Å²) in [6, 6.07) is 0. The molecule has 0 unspecified atom stereocenters. The number of hydrogen-bond acceptors (Lipinski definition) is 2. The van der Waals surface area contributed by atoms with Gasteiger partial charge >= 0.3 is 0 Å². The molecule has 0 saturated carbocycles. The van der Waals surface area contributed by atoms with Crippen LogP contribution < -0.4 is 5.73 Å². The molecule has 0 atom stereocenters. The van der Waals surface area contributed by atoms with E-state index in [1.807, 2.05) is 0 Å². The Kier molecular flexibility index (Phi) is 7.62. The van der Waals surface area contributed by atoms with Crippen LogP contribution in [0.1, 0.15) is 19.3 Å². The van der Waals surface area contributed by atoms with Gasteiger partial charge in [-0.2, -0.15) is 0 Å². The molecule has 1 aliphatic rings. The van der Waals surface area contributed by atoms with Gasteiger partial charge in [0.25, 0.3) is 0 Å². The van der Waals surface area contributed by atoms with Gasteiger partial charge in [-0.15, -0.1) is 11.6 Å². The molecular weight excluding hydrogens is 166 g/mol. The Balaban J connectivity index is 0.000000187. The number of carbonyl (C=O) groups is 1. The van der Waals surface area contributed by atoms with E-state index in [2.05, 4.69) is 5.73 Å². The molecule has 0 radical (unpaired) electrons. The zero-order valence-corrected chi connectivity index (χ0v) is 7.27. The van der Waals surface area contributed by atoms with Crippen molar-refractivity contribution in [3.8, 4) is 0 Å². The SMILES string of the molecule is C1CCOCC1.NC(=O)CCl. The van der Waals surface area contributed by atoms with Gasteiger partial charge in [-0.25, -0.2) is 0 Å². The largest absolute Gasteiger partial charge is 0.381 e. The van der Waals surface area contributed by atoms with E-state index in [0.29, 0.717) is 0 Å². The van der Waals surface area contributed by atoms with E-state index in [9.17, 15) is 4.79 Å². The standard InChI is InChI=1S/C5H10O.C2H4ClNO/c1-2-4-6-5-3-1;3-1-2(4)5/h1-5H2;1H2,(H2,4,5). The first-order valence-electron chi connectivity index (χ1n) is 3.69. The van der Waals surface area contributed by atoms with Crippen LogP contribution in [-0.2, 0) is 9.53 Å². The average molecular weight is 180 g/mol. The third kappa shape index (κ3) is 9.72. The highest BCUT2D eigenvalue weighted by molar-refractivity contribution is 6.27. The molecule has 1 aliphatic heterocycles. The number of ether oxygens (including phenoxy) is 1. The van der Waals surface area contributed by atoms with Crippen molar-refractivity contribution in [3.05, 3.63) is 0 Å². The lowest BCUT2D eigenvalue weighted by atomic mass is 10.2. The van der Waals surface area contributed by atoms with E-state index in [4.69, 9.17) is 16.3 Å². The summed E-state index contributed by atoms with van der Waals surface area (Å²) in [7, 11) is 0. The first kappa shape index (κ1) is 10.7. The minimum atomic E-state index is -0.480. The van der Waals surface area contributed by atoms with Gasteiger partial charge in [-0.05, 0) is 19.3 Å². The van der Waals surface area contributed by atoms with Gasteiger partial charge in [0.05, 0.1) is 0 Å². The van der Waals surface area contributed by atoms with E-state index < -0.39 is 5.91 Å². The Morgan fingerprint density at radius 1 is 1.36 bits per heavy atom. The number of alkyl halides is 1. The van der Waals surface area contributed by atoms with Crippen molar-refractivity contribution >= 4 is 17.5 Å². The number of primary amides is 1. The Morgan fingerprint density at radius 3 is 1.91 bits per heavy atom. The number of rotatable bonds is 1. The molecule has 66 valence electrons. The van der Waals surface area contributed by atoms with Crippen molar-refractivity contribution in [1.29, 1.82) is 0 Å². The van der Waals surface area contributed by atoms with Gasteiger partial charge in [-0.1, -0.05) is 0 Å². The van der Waals surface area contributed by atoms with E-state index in [-0.39, 0.29) is 5.88 Å². The molecule has 0 aromatic heterocycles. The van der Waals surface area contributed by atoms with Crippen LogP contribution in [0.4, 0.5) is 0 Å². The summed E-state index contributed by atoms with van der Waals surface area (Å²) in [5.41, 5.74) is 4.52. The molecule has 2 N–H and O–H groups in total. The monoisotopic (exact) mass is 179 g/mol. The molecule has 0 bridgehead atoms. The van der Waals surface area contributed by atoms with Gasteiger partial charge in [0.15, 0.2) is 0 Å². The van der Waals surface area contributed by atoms with Crippen LogP contribution in [0.3, 0.4) is 0 Å². The summed E-state index contributed by atoms with van der Waals surface area (Å²) in [5.74, 6) is -0.563. The summed E-state index contributed by atoms with van der Waals surface area (Å²) in [6.45, 7) is 2.00. The Bertz CT molecular complexity index is 93.1. The number of nitrogens with two attached hydrogens (primary N) is 1. The average Bonchev–Trinajstić information content (AvgIpc) is 2.09. The second kappa shape index (κ2) is 7.82. The summed E-state index contributed by atoms with van der Waals surface area (Å²) in [6.07, 6.45) is 3.93. The molecule has 0 spiro atoms. The zero-order valence-electron chi connectivity index (χ0n) is 6.51. The van der Waals surface area contributed by atoms with E-state index in [1.54, 1.807) is 0 Å². The molecule has 0 aromatic rings. The van der Waals surface area contributed by atoms with Gasteiger partial charge in [0.1, 0.15) is 5.88 Å². The van der Waals surface area contributed by atoms with E-state index >= 15 is 0 Å². The molecule has 0 aliphatic carbocycles. The number of amides is 1. The highest BCUT2D eigenvalue weighted by Crippen LogP contribution is 2.02. The number of hydrogen-bond donors (Lipinski definition) is 1. The smallest absolute Gasteiger partial charge is 0.232 e. The van der Waals surface area contributed by atoms with Gasteiger partial charge < -0.3 is 10.5 Å². The highest BCUT2D eigenvalue weighted by atomic mass is 35.5. The molecule has 11 heavy (non-hydrogen) atoms. The zero-order chi connectivity index (χ0) is 8.53. The molecule has 1 fully saturated rings. The topological polar surface area (TPSA) is 52.3 Å². The third-order valence-corrected chi connectivity index (χ3v) is 1.47. The maximum atomic E-state index is 9.46. The van der Waals surface area contributed by atoms with Crippen molar-refractivity contribution in [2.24, 2.45) is 5.73 Å². The highest BCUT2D eigenvalue weighted by Gasteiger charge is 1.94. The van der Waals surface area contributed by atoms with Crippen LogP contribution in [0.5, 0.6) is 0 Å². The lowest BCUT2D eigenvalue weighted by Gasteiger charge is -2.08. The second-order valence-electron chi connectivity index (χ2n) is 2.27. The maximum absolute atomic E-state index is 9.46. The molecule has 1 saturated heterocycles. The van der Waals surface area contributed by atoms with Crippen LogP contribution in [0.25, 0.3) is 0 Å². The fourth-order valence-corrected chi connectivity index (χ4v) is 0.687. The quantitative estimate of drug-likeness (QED) is 0.608. The third-order valence-electron chi connectivity index (χ3n) is 1.21. The molecular formula is C7H14ClNO2. The van der Waals surface area contributed by atoms with Crippen LogP contribution in [-0.4, -0.2) is 25.0 Å². The minimum absolute atomic E-state index is 0.0833. The second-order valence-corrected chi connectivity index (χ2v) is 2.54. The number of halogens is 1. The van der Waals surface area contributed by atoms with E-state index in [1.165, 1.54) is 19.3 Å². The molecule has 4 heteroatoms. The van der Waals surface area contributed by atoms with Crippen molar-refractivity contribution < 1.29 is 9.53 Å². The van der Waals surface area contributed by atoms with Gasteiger partial charge in [0.2, 0.25) is 5.91 Å². The van der Waals surface area contributed by atoms with Crippen molar-refractivity contribution in [1.82, 2.24) is 0 Å². The summed E-state index contributed by atoms with van der Waals surface area (Å²) < 4.78 is 5.07. The molecule has 3 nitrogen and oxygen atoms in total.